The molecule has 6 nitrogen and oxygen atoms in total. The van der Waals surface area contributed by atoms with Gasteiger partial charge in [0.25, 0.3) is 0 Å². The summed E-state index contributed by atoms with van der Waals surface area (Å²) in [6.45, 7) is 13.5. The zero-order chi connectivity index (χ0) is 26.2. The van der Waals surface area contributed by atoms with Crippen LogP contribution in [0.1, 0.15) is 80.1 Å². The minimum Gasteiger partial charge on any atom is -0.793 e. The molecule has 16 heteroatoms. The van der Waals surface area contributed by atoms with Gasteiger partial charge in [0.05, 0.1) is 19.8 Å². The Kier molecular flexibility index (Phi) is 38.2. The van der Waals surface area contributed by atoms with Crippen LogP contribution in [0.3, 0.4) is 0 Å². The minimum absolute atomic E-state index is 0. The number of hydrogen-bond donors (Lipinski definition) is 0. The fourth-order valence-corrected chi connectivity index (χ4v) is 11.7. The number of hydrogen-bond acceptors (Lipinski definition) is 12. The average Bonchev–Trinajstić information content (AvgIpc) is 2.77. The molecule has 0 bridgehead atoms. The van der Waals surface area contributed by atoms with Crippen LogP contribution in [0.25, 0.3) is 0 Å². The van der Waals surface area contributed by atoms with Gasteiger partial charge in [0.2, 0.25) is 0 Å². The van der Waals surface area contributed by atoms with E-state index in [1.165, 1.54) is 34.1 Å². The Bertz CT molecular complexity index is 468. The van der Waals surface area contributed by atoms with E-state index >= 15 is 0 Å². The fraction of sp³-hybridized carbons (Fsp3) is 1.00. The molecule has 0 N–H and O–H groups in total. The molecule has 0 aliphatic heterocycles. The second-order valence-corrected chi connectivity index (χ2v) is 24.9. The summed E-state index contributed by atoms with van der Waals surface area (Å²) >= 11 is 18.1. The minimum atomic E-state index is -2.73. The van der Waals surface area contributed by atoms with Crippen molar-refractivity contribution in [2.75, 3.05) is 37.1 Å². The molecule has 0 saturated heterocycles. The standard InChI is InChI=1S/3C6H15O2PS2.Al/c3*1-3-5-8-9(7,10)11-6-4-2;/h3*3-6H2,1-2H3,(H,7,10);/q;;;+3/p-3. The van der Waals surface area contributed by atoms with E-state index in [1.807, 2.05) is 41.5 Å². The second-order valence-electron chi connectivity index (χ2n) is 6.34. The molecule has 34 heavy (non-hydrogen) atoms. The van der Waals surface area contributed by atoms with Crippen molar-refractivity contribution < 1.29 is 28.3 Å². The largest absolute Gasteiger partial charge is 3.00 e. The summed E-state index contributed by atoms with van der Waals surface area (Å²) in [4.78, 5) is 33.9. The van der Waals surface area contributed by atoms with Crippen LogP contribution < -0.4 is 14.7 Å². The smallest absolute Gasteiger partial charge is 0.793 e. The fourth-order valence-electron chi connectivity index (χ4n) is 1.33. The molecule has 0 radical (unpaired) electrons. The predicted molar refractivity (Wildman–Crippen MR) is 166 cm³/mol. The molecule has 3 unspecified atom stereocenters. The third kappa shape index (κ3) is 37.4. The van der Waals surface area contributed by atoms with Gasteiger partial charge in [-0.15, -0.1) is 34.1 Å². The molecule has 0 aliphatic rings. The van der Waals surface area contributed by atoms with Gasteiger partial charge in [0, 0.05) is 17.1 Å². The third-order valence-electron chi connectivity index (χ3n) is 2.72. The van der Waals surface area contributed by atoms with Crippen LogP contribution in [0.4, 0.5) is 0 Å². The van der Waals surface area contributed by atoms with Crippen LogP contribution in [-0.4, -0.2) is 54.4 Å². The molecule has 0 saturated carbocycles. The summed E-state index contributed by atoms with van der Waals surface area (Å²) < 4.78 is 15.0. The molecule has 0 aromatic heterocycles. The first-order chi connectivity index (χ1) is 15.4. The summed E-state index contributed by atoms with van der Waals surface area (Å²) in [7, 11) is 0. The summed E-state index contributed by atoms with van der Waals surface area (Å²) in [5.41, 5.74) is -8.18. The molecule has 0 heterocycles. The Labute approximate surface area is 247 Å². The van der Waals surface area contributed by atoms with Gasteiger partial charge in [0.1, 0.15) is 0 Å². The van der Waals surface area contributed by atoms with Gasteiger partial charge < -0.3 is 28.3 Å². The molecule has 204 valence electrons. The second kappa shape index (κ2) is 29.3. The van der Waals surface area contributed by atoms with E-state index in [4.69, 9.17) is 49.0 Å². The van der Waals surface area contributed by atoms with Crippen molar-refractivity contribution in [3.8, 4) is 0 Å². The van der Waals surface area contributed by atoms with Crippen LogP contribution >= 0.6 is 51.2 Å². The summed E-state index contributed by atoms with van der Waals surface area (Å²) in [6.07, 6.45) is 5.57. The predicted octanol–water partition coefficient (Wildman–Crippen LogP) is 6.04. The number of rotatable bonds is 18. The SMILES string of the molecule is CCCOP([O-])(=S)SCCC.CCCOP([O-])(=S)SCCC.CCCOP([O-])(=S)SCCC.[Al+3]. The van der Waals surface area contributed by atoms with Crippen LogP contribution in [-0.2, 0) is 49.0 Å². The molecule has 0 aromatic carbocycles. The van der Waals surface area contributed by atoms with Crippen molar-refractivity contribution in [1.82, 2.24) is 0 Å². The Morgan fingerprint density at radius 1 is 0.500 bits per heavy atom. The van der Waals surface area contributed by atoms with Crippen molar-refractivity contribution in [2.24, 2.45) is 0 Å². The van der Waals surface area contributed by atoms with Crippen LogP contribution in [0, 0.1) is 0 Å². The van der Waals surface area contributed by atoms with Gasteiger partial charge in [-0.1, -0.05) is 77.0 Å². The van der Waals surface area contributed by atoms with Gasteiger partial charge in [-0.25, -0.2) is 0 Å². The van der Waals surface area contributed by atoms with Gasteiger partial charge in [0.15, 0.2) is 0 Å². The molecular weight excluding hydrogens is 624 g/mol. The van der Waals surface area contributed by atoms with E-state index in [9.17, 15) is 14.7 Å². The zero-order valence-electron chi connectivity index (χ0n) is 21.3. The average molecular weight is 667 g/mol. The molecule has 0 aromatic rings. The quantitative estimate of drug-likeness (QED) is 0.126. The first kappa shape index (κ1) is 44.3. The Balaban J connectivity index is -0.000000196. The first-order valence-corrected chi connectivity index (χ1v) is 23.9. The molecule has 0 amide bonds. The Morgan fingerprint density at radius 3 is 0.853 bits per heavy atom. The summed E-state index contributed by atoms with van der Waals surface area (Å²) in [5.74, 6) is 2.47. The topological polar surface area (TPSA) is 96.9 Å². The van der Waals surface area contributed by atoms with E-state index in [1.54, 1.807) is 0 Å². The maximum Gasteiger partial charge on any atom is 3.00 e. The zero-order valence-corrected chi connectivity index (χ0v) is 30.0. The monoisotopic (exact) mass is 666 g/mol. The molecule has 3 atom stereocenters. The van der Waals surface area contributed by atoms with Crippen LogP contribution in [0.2, 0.25) is 0 Å². The van der Waals surface area contributed by atoms with Gasteiger partial charge in [-0.2, -0.15) is 0 Å². The maximum absolute atomic E-state index is 11.3. The van der Waals surface area contributed by atoms with Crippen molar-refractivity contribution in [3.05, 3.63) is 0 Å². The van der Waals surface area contributed by atoms with Crippen molar-refractivity contribution in [1.29, 1.82) is 0 Å². The molecule has 0 rings (SSSR count). The molecule has 0 fully saturated rings. The third-order valence-corrected chi connectivity index (χ3v) is 16.2. The van der Waals surface area contributed by atoms with E-state index < -0.39 is 17.1 Å². The van der Waals surface area contributed by atoms with Crippen LogP contribution in [0.5, 0.6) is 0 Å². The normalized spacial score (nSPS) is 15.8. The maximum atomic E-state index is 11.3. The van der Waals surface area contributed by atoms with Crippen molar-refractivity contribution in [3.63, 3.8) is 0 Å². The van der Waals surface area contributed by atoms with Crippen molar-refractivity contribution >= 4 is 104 Å². The van der Waals surface area contributed by atoms with Gasteiger partial charge in [-0.3, -0.25) is 0 Å². The Morgan fingerprint density at radius 2 is 0.706 bits per heavy atom. The molecular formula is C18H42AlO6P3S6. The summed E-state index contributed by atoms with van der Waals surface area (Å²) in [5, 5.41) is 0. The van der Waals surface area contributed by atoms with E-state index in [-0.39, 0.29) is 17.4 Å². The van der Waals surface area contributed by atoms with E-state index in [2.05, 4.69) is 0 Å². The van der Waals surface area contributed by atoms with E-state index in [0.717, 1.165) is 55.8 Å². The van der Waals surface area contributed by atoms with Crippen LogP contribution in [0.15, 0.2) is 0 Å². The molecule has 0 spiro atoms. The van der Waals surface area contributed by atoms with E-state index in [0.29, 0.717) is 19.8 Å². The molecule has 0 aliphatic carbocycles. The van der Waals surface area contributed by atoms with Crippen molar-refractivity contribution in [2.45, 2.75) is 80.1 Å². The van der Waals surface area contributed by atoms with Gasteiger partial charge in [-0.05, 0) is 55.8 Å². The summed E-state index contributed by atoms with van der Waals surface area (Å²) in [6, 6.07) is 0. The van der Waals surface area contributed by atoms with Gasteiger partial charge >= 0.3 is 17.4 Å². The Hall–Kier alpha value is 3.29. The first-order valence-electron chi connectivity index (χ1n) is 11.2.